The van der Waals surface area contributed by atoms with Gasteiger partial charge < -0.3 is 9.84 Å². The van der Waals surface area contributed by atoms with E-state index in [1.54, 1.807) is 0 Å². The minimum Gasteiger partial charge on any atom is -0.396 e. The molecule has 0 aromatic rings. The van der Waals surface area contributed by atoms with Crippen LogP contribution in [0.3, 0.4) is 0 Å². The molecule has 1 heterocycles. The van der Waals surface area contributed by atoms with Gasteiger partial charge in [0.25, 0.3) is 0 Å². The van der Waals surface area contributed by atoms with Crippen LogP contribution in [0, 0.1) is 22.7 Å². The van der Waals surface area contributed by atoms with Gasteiger partial charge in [-0.1, -0.05) is 26.3 Å². The molecule has 2 heteroatoms. The third-order valence-corrected chi connectivity index (χ3v) is 7.75. The minimum absolute atomic E-state index is 0.0276. The number of hydrogen-bond donors (Lipinski definition) is 1. The maximum absolute atomic E-state index is 10.0. The molecule has 3 fully saturated rings. The number of fused-ring (bicyclic) bond motifs is 3. The second-order valence-electron chi connectivity index (χ2n) is 9.29. The number of ether oxygens (including phenoxy) is 1. The number of rotatable bonds is 2. The van der Waals surface area contributed by atoms with Crippen molar-refractivity contribution in [3.05, 3.63) is 12.7 Å². The van der Waals surface area contributed by atoms with Gasteiger partial charge in [-0.15, -0.1) is 6.58 Å². The van der Waals surface area contributed by atoms with Crippen LogP contribution < -0.4 is 0 Å². The van der Waals surface area contributed by atoms with Crippen molar-refractivity contribution in [2.24, 2.45) is 22.7 Å². The third-order valence-electron chi connectivity index (χ3n) is 7.75. The molecule has 1 aliphatic heterocycles. The molecule has 0 aromatic heterocycles. The lowest BCUT2D eigenvalue weighted by molar-refractivity contribution is -0.256. The summed E-state index contributed by atoms with van der Waals surface area (Å²) in [5, 5.41) is 10.0. The Morgan fingerprint density at radius 2 is 1.73 bits per heavy atom. The summed E-state index contributed by atoms with van der Waals surface area (Å²) in [7, 11) is 0. The molecule has 2 nitrogen and oxygen atoms in total. The molecule has 2 aliphatic carbocycles. The van der Waals surface area contributed by atoms with Gasteiger partial charge in [-0.05, 0) is 75.0 Å². The zero-order valence-electron chi connectivity index (χ0n) is 15.0. The van der Waals surface area contributed by atoms with E-state index in [1.165, 1.54) is 32.1 Å². The van der Waals surface area contributed by atoms with Crippen LogP contribution in [0.5, 0.6) is 0 Å². The van der Waals surface area contributed by atoms with E-state index in [-0.39, 0.29) is 16.6 Å². The van der Waals surface area contributed by atoms with Crippen molar-refractivity contribution in [3.8, 4) is 0 Å². The summed E-state index contributed by atoms with van der Waals surface area (Å²) < 4.78 is 6.65. The van der Waals surface area contributed by atoms with E-state index in [2.05, 4.69) is 34.3 Å². The second kappa shape index (κ2) is 5.08. The molecule has 126 valence electrons. The maximum Gasteiger partial charge on any atom is 0.0839 e. The van der Waals surface area contributed by atoms with Crippen molar-refractivity contribution in [2.45, 2.75) is 83.8 Å². The van der Waals surface area contributed by atoms with Crippen molar-refractivity contribution in [2.75, 3.05) is 6.61 Å². The molecular weight excluding hydrogens is 272 g/mol. The van der Waals surface area contributed by atoms with Gasteiger partial charge in [0.2, 0.25) is 0 Å². The fourth-order valence-corrected chi connectivity index (χ4v) is 6.52. The van der Waals surface area contributed by atoms with Crippen LogP contribution in [0.1, 0.15) is 72.6 Å². The normalized spacial score (nSPS) is 55.1. The fourth-order valence-electron chi connectivity index (χ4n) is 6.52. The van der Waals surface area contributed by atoms with E-state index in [0.29, 0.717) is 23.9 Å². The van der Waals surface area contributed by atoms with Gasteiger partial charge in [0.1, 0.15) is 0 Å². The van der Waals surface area contributed by atoms with E-state index in [4.69, 9.17) is 4.74 Å². The molecule has 22 heavy (non-hydrogen) atoms. The maximum atomic E-state index is 10.0. The first kappa shape index (κ1) is 16.5. The Hall–Kier alpha value is -0.340. The van der Waals surface area contributed by atoms with E-state index in [1.807, 2.05) is 6.08 Å². The number of aliphatic hydroxyl groups excluding tert-OH is 1. The predicted octanol–water partition coefficient (Wildman–Crippen LogP) is 4.72. The van der Waals surface area contributed by atoms with Crippen molar-refractivity contribution in [1.82, 2.24) is 0 Å². The highest BCUT2D eigenvalue weighted by Gasteiger charge is 2.61. The molecule has 3 aliphatic rings. The summed E-state index contributed by atoms with van der Waals surface area (Å²) in [4.78, 5) is 0. The molecule has 0 bridgehead atoms. The van der Waals surface area contributed by atoms with E-state index < -0.39 is 0 Å². The Balaban J connectivity index is 1.94. The van der Waals surface area contributed by atoms with Crippen molar-refractivity contribution in [3.63, 3.8) is 0 Å². The van der Waals surface area contributed by atoms with Gasteiger partial charge in [0, 0.05) is 6.61 Å². The van der Waals surface area contributed by atoms with E-state index >= 15 is 0 Å². The highest BCUT2D eigenvalue weighted by molar-refractivity contribution is 5.13. The summed E-state index contributed by atoms with van der Waals surface area (Å²) in [6.07, 6.45) is 10.3. The van der Waals surface area contributed by atoms with Gasteiger partial charge in [0.05, 0.1) is 11.2 Å². The first-order valence-corrected chi connectivity index (χ1v) is 9.16. The highest BCUT2D eigenvalue weighted by Crippen LogP contribution is 2.65. The lowest BCUT2D eigenvalue weighted by atomic mass is 9.44. The Kier molecular flexibility index (Phi) is 3.81. The minimum atomic E-state index is -0.163. The molecule has 3 rings (SSSR count). The zero-order chi connectivity index (χ0) is 16.2. The van der Waals surface area contributed by atoms with Crippen molar-refractivity contribution >= 4 is 0 Å². The lowest BCUT2D eigenvalue weighted by Crippen LogP contribution is -2.63. The highest BCUT2D eigenvalue weighted by atomic mass is 16.5. The molecule has 0 aromatic carbocycles. The number of aliphatic hydroxyl groups is 1. The van der Waals surface area contributed by atoms with Crippen LogP contribution in [0.2, 0.25) is 0 Å². The average Bonchev–Trinajstić information content (AvgIpc) is 2.46. The van der Waals surface area contributed by atoms with Crippen LogP contribution >= 0.6 is 0 Å². The van der Waals surface area contributed by atoms with Gasteiger partial charge in [-0.3, -0.25) is 0 Å². The van der Waals surface area contributed by atoms with Gasteiger partial charge in [-0.25, -0.2) is 0 Å². The molecule has 0 unspecified atom stereocenters. The lowest BCUT2D eigenvalue weighted by Gasteiger charge is -2.65. The van der Waals surface area contributed by atoms with Crippen molar-refractivity contribution in [1.29, 1.82) is 0 Å². The molecule has 1 saturated heterocycles. The largest absolute Gasteiger partial charge is 0.396 e. The molecule has 0 spiro atoms. The Labute approximate surface area is 136 Å². The Morgan fingerprint density at radius 3 is 2.36 bits per heavy atom. The standard InChI is InChI=1S/C20H34O2/c1-6-18(3)12-8-16-19(4)11-7-10-17(2,14-21)15(19)9-13-20(16,5)22-18/h6,15-16,21H,1,7-14H2,2-5H3/t15-,16-,17-,18+,19-,20+/m0/s1. The smallest absolute Gasteiger partial charge is 0.0839 e. The summed E-state index contributed by atoms with van der Waals surface area (Å²) >= 11 is 0. The zero-order valence-corrected chi connectivity index (χ0v) is 15.0. The fraction of sp³-hybridized carbons (Fsp3) is 0.900. The topological polar surface area (TPSA) is 29.5 Å². The first-order valence-electron chi connectivity index (χ1n) is 9.16. The predicted molar refractivity (Wildman–Crippen MR) is 90.7 cm³/mol. The van der Waals surface area contributed by atoms with Crippen molar-refractivity contribution < 1.29 is 9.84 Å². The molecule has 1 N–H and O–H groups in total. The second-order valence-corrected chi connectivity index (χ2v) is 9.29. The van der Waals surface area contributed by atoms with Crippen LogP contribution in [0.4, 0.5) is 0 Å². The number of hydrogen-bond acceptors (Lipinski definition) is 2. The summed E-state index contributed by atoms with van der Waals surface area (Å²) in [6.45, 7) is 13.7. The van der Waals surface area contributed by atoms with E-state index in [9.17, 15) is 5.11 Å². The molecule has 6 atom stereocenters. The summed E-state index contributed by atoms with van der Waals surface area (Å²) in [6, 6.07) is 0. The molecule has 2 saturated carbocycles. The summed E-state index contributed by atoms with van der Waals surface area (Å²) in [5.74, 6) is 1.24. The molecule has 0 amide bonds. The molecular formula is C20H34O2. The Bertz CT molecular complexity index is 461. The van der Waals surface area contributed by atoms with Crippen LogP contribution in [0.25, 0.3) is 0 Å². The van der Waals surface area contributed by atoms with Crippen LogP contribution in [0.15, 0.2) is 12.7 Å². The van der Waals surface area contributed by atoms with Crippen LogP contribution in [-0.2, 0) is 4.74 Å². The third kappa shape index (κ3) is 2.21. The average molecular weight is 306 g/mol. The van der Waals surface area contributed by atoms with Gasteiger partial charge >= 0.3 is 0 Å². The summed E-state index contributed by atoms with van der Waals surface area (Å²) in [5.41, 5.74) is 0.224. The first-order chi connectivity index (χ1) is 10.2. The SMILES string of the molecule is C=C[C@]1(C)CC[C@H]2[C@@]3(C)CCC[C@@](C)(CO)[C@@H]3CC[C@@]2(C)O1. The van der Waals surface area contributed by atoms with Gasteiger partial charge in [0.15, 0.2) is 0 Å². The van der Waals surface area contributed by atoms with E-state index in [0.717, 1.165) is 12.8 Å². The van der Waals surface area contributed by atoms with Crippen LogP contribution in [-0.4, -0.2) is 22.9 Å². The molecule has 0 radical (unpaired) electrons. The monoisotopic (exact) mass is 306 g/mol. The quantitative estimate of drug-likeness (QED) is 0.748. The van der Waals surface area contributed by atoms with Gasteiger partial charge in [-0.2, -0.15) is 0 Å². The Morgan fingerprint density at radius 1 is 1.05 bits per heavy atom.